The van der Waals surface area contributed by atoms with Crippen LogP contribution in [0.4, 0.5) is 5.69 Å². The number of nitrogens with one attached hydrogen (secondary N) is 1. The molecule has 34 heavy (non-hydrogen) atoms. The minimum absolute atomic E-state index is 0.210. The minimum atomic E-state index is -0.279. The third-order valence-electron chi connectivity index (χ3n) is 6.21. The standard InChI is InChI=1S/C26H28N4O4/c1-29-9-11-30(12-10-29)16-18-3-6-21(7-4-18)28-25(31)22-13-20(15-27-26(22)32-2)19-5-8-23-24(14-19)34-17-33-23/h3-8,13-15H,9-12,16-17H2,1-2H3,(H,28,31). The van der Waals surface area contributed by atoms with E-state index in [2.05, 4.69) is 39.3 Å². The minimum Gasteiger partial charge on any atom is -0.480 e. The predicted octanol–water partition coefficient (Wildman–Crippen LogP) is 3.49. The van der Waals surface area contributed by atoms with Crippen molar-refractivity contribution < 1.29 is 19.0 Å². The van der Waals surface area contributed by atoms with E-state index in [1.54, 1.807) is 12.3 Å². The molecule has 0 aliphatic carbocycles. The van der Waals surface area contributed by atoms with Crippen molar-refractivity contribution in [3.8, 4) is 28.5 Å². The second kappa shape index (κ2) is 9.70. The molecule has 5 rings (SSSR count). The number of aromatic nitrogens is 1. The molecule has 2 aromatic carbocycles. The average molecular weight is 461 g/mol. The number of piperazine rings is 1. The van der Waals surface area contributed by atoms with Crippen LogP contribution in [0.5, 0.6) is 17.4 Å². The summed E-state index contributed by atoms with van der Waals surface area (Å²) in [5.41, 5.74) is 3.97. The Kier molecular flexibility index (Phi) is 6.33. The third kappa shape index (κ3) is 4.83. The number of benzene rings is 2. The molecule has 2 aliphatic rings. The van der Waals surface area contributed by atoms with Crippen LogP contribution in [-0.4, -0.2) is 67.8 Å². The summed E-state index contributed by atoms with van der Waals surface area (Å²) in [6.07, 6.45) is 1.68. The highest BCUT2D eigenvalue weighted by atomic mass is 16.7. The van der Waals surface area contributed by atoms with Gasteiger partial charge >= 0.3 is 0 Å². The van der Waals surface area contributed by atoms with Gasteiger partial charge in [0, 0.05) is 50.2 Å². The molecule has 0 atom stereocenters. The van der Waals surface area contributed by atoms with Crippen molar-refractivity contribution in [1.82, 2.24) is 14.8 Å². The summed E-state index contributed by atoms with van der Waals surface area (Å²) in [6.45, 7) is 5.45. The Bertz CT molecular complexity index is 1170. The van der Waals surface area contributed by atoms with Crippen LogP contribution in [-0.2, 0) is 6.54 Å². The lowest BCUT2D eigenvalue weighted by atomic mass is 10.0. The topological polar surface area (TPSA) is 76.2 Å². The molecule has 0 spiro atoms. The predicted molar refractivity (Wildman–Crippen MR) is 130 cm³/mol. The molecule has 2 aliphatic heterocycles. The van der Waals surface area contributed by atoms with Crippen LogP contribution in [0.1, 0.15) is 15.9 Å². The average Bonchev–Trinajstić information content (AvgIpc) is 3.34. The van der Waals surface area contributed by atoms with Gasteiger partial charge in [-0.1, -0.05) is 18.2 Å². The molecule has 8 nitrogen and oxygen atoms in total. The van der Waals surface area contributed by atoms with Crippen LogP contribution in [0, 0.1) is 0 Å². The normalized spacial score (nSPS) is 15.8. The quantitative estimate of drug-likeness (QED) is 0.604. The monoisotopic (exact) mass is 460 g/mol. The lowest BCUT2D eigenvalue weighted by molar-refractivity contribution is 0.102. The van der Waals surface area contributed by atoms with Gasteiger partial charge in [0.2, 0.25) is 12.7 Å². The maximum Gasteiger partial charge on any atom is 0.261 e. The van der Waals surface area contributed by atoms with Crippen molar-refractivity contribution in [2.75, 3.05) is 52.4 Å². The van der Waals surface area contributed by atoms with E-state index in [0.29, 0.717) is 17.1 Å². The number of hydrogen-bond donors (Lipinski definition) is 1. The zero-order valence-electron chi connectivity index (χ0n) is 19.4. The van der Waals surface area contributed by atoms with Crippen LogP contribution in [0.15, 0.2) is 54.7 Å². The van der Waals surface area contributed by atoms with Crippen molar-refractivity contribution in [3.05, 3.63) is 65.9 Å². The molecular formula is C26H28N4O4. The number of ether oxygens (including phenoxy) is 3. The lowest BCUT2D eigenvalue weighted by Gasteiger charge is -2.32. The Morgan fingerprint density at radius 3 is 2.53 bits per heavy atom. The fraction of sp³-hybridized carbons (Fsp3) is 0.308. The van der Waals surface area contributed by atoms with Gasteiger partial charge in [-0.05, 0) is 48.5 Å². The van der Waals surface area contributed by atoms with Gasteiger partial charge < -0.3 is 24.4 Å². The Morgan fingerprint density at radius 2 is 1.76 bits per heavy atom. The maximum atomic E-state index is 13.1. The van der Waals surface area contributed by atoms with Gasteiger partial charge in [-0.2, -0.15) is 0 Å². The zero-order chi connectivity index (χ0) is 23.5. The maximum absolute atomic E-state index is 13.1. The lowest BCUT2D eigenvalue weighted by Crippen LogP contribution is -2.43. The van der Waals surface area contributed by atoms with E-state index < -0.39 is 0 Å². The first kappa shape index (κ1) is 22.2. The van der Waals surface area contributed by atoms with E-state index in [9.17, 15) is 4.79 Å². The summed E-state index contributed by atoms with van der Waals surface area (Å²) in [7, 11) is 3.66. The van der Waals surface area contributed by atoms with Gasteiger partial charge in [-0.15, -0.1) is 0 Å². The largest absolute Gasteiger partial charge is 0.480 e. The SMILES string of the molecule is COc1ncc(-c2ccc3c(c2)OCO3)cc1C(=O)Nc1ccc(CN2CCN(C)CC2)cc1. The van der Waals surface area contributed by atoms with Crippen LogP contribution >= 0.6 is 0 Å². The number of methoxy groups -OCH3 is 1. The third-order valence-corrected chi connectivity index (χ3v) is 6.21. The fourth-order valence-electron chi connectivity index (χ4n) is 4.17. The highest BCUT2D eigenvalue weighted by Crippen LogP contribution is 2.36. The number of amides is 1. The van der Waals surface area contributed by atoms with Crippen molar-refractivity contribution in [3.63, 3.8) is 0 Å². The molecule has 1 amide bonds. The molecule has 1 aromatic heterocycles. The molecular weight excluding hydrogens is 432 g/mol. The Hall–Kier alpha value is -3.62. The summed E-state index contributed by atoms with van der Waals surface area (Å²) in [5, 5.41) is 2.97. The molecule has 0 bridgehead atoms. The first-order valence-electron chi connectivity index (χ1n) is 11.3. The summed E-state index contributed by atoms with van der Waals surface area (Å²) >= 11 is 0. The number of anilines is 1. The number of carbonyl (C=O) groups is 1. The van der Waals surface area contributed by atoms with Gasteiger partial charge in [0.05, 0.1) is 7.11 Å². The molecule has 3 heterocycles. The number of carbonyl (C=O) groups excluding carboxylic acids is 1. The van der Waals surface area contributed by atoms with Gasteiger partial charge in [0.15, 0.2) is 11.5 Å². The van der Waals surface area contributed by atoms with Gasteiger partial charge in [0.1, 0.15) is 5.56 Å². The van der Waals surface area contributed by atoms with E-state index in [4.69, 9.17) is 14.2 Å². The number of likely N-dealkylation sites (N-methyl/N-ethyl adjacent to an activating group) is 1. The second-order valence-corrected chi connectivity index (χ2v) is 8.58. The van der Waals surface area contributed by atoms with E-state index in [1.807, 2.05) is 30.3 Å². The molecule has 1 fully saturated rings. The number of fused-ring (bicyclic) bond motifs is 1. The van der Waals surface area contributed by atoms with Crippen LogP contribution in [0.25, 0.3) is 11.1 Å². The summed E-state index contributed by atoms with van der Waals surface area (Å²) in [6, 6.07) is 15.4. The van der Waals surface area contributed by atoms with Gasteiger partial charge in [0.25, 0.3) is 5.91 Å². The Morgan fingerprint density at radius 1 is 1.00 bits per heavy atom. The van der Waals surface area contributed by atoms with Gasteiger partial charge in [-0.3, -0.25) is 9.69 Å². The molecule has 1 saturated heterocycles. The molecule has 8 heteroatoms. The summed E-state index contributed by atoms with van der Waals surface area (Å²) in [4.78, 5) is 22.3. The number of nitrogens with zero attached hydrogens (tertiary/aromatic N) is 3. The van der Waals surface area contributed by atoms with E-state index in [0.717, 1.165) is 49.5 Å². The van der Waals surface area contributed by atoms with Crippen LogP contribution in [0.3, 0.4) is 0 Å². The zero-order valence-corrected chi connectivity index (χ0v) is 19.4. The van der Waals surface area contributed by atoms with Crippen molar-refractivity contribution >= 4 is 11.6 Å². The molecule has 3 aromatic rings. The molecule has 0 saturated carbocycles. The van der Waals surface area contributed by atoms with E-state index >= 15 is 0 Å². The summed E-state index contributed by atoms with van der Waals surface area (Å²) in [5.74, 6) is 1.38. The van der Waals surface area contributed by atoms with Crippen LogP contribution in [0.2, 0.25) is 0 Å². The highest BCUT2D eigenvalue weighted by Gasteiger charge is 2.19. The number of pyridine rings is 1. The second-order valence-electron chi connectivity index (χ2n) is 8.58. The van der Waals surface area contributed by atoms with Crippen LogP contribution < -0.4 is 19.5 Å². The van der Waals surface area contributed by atoms with E-state index in [1.165, 1.54) is 12.7 Å². The van der Waals surface area contributed by atoms with Crippen molar-refractivity contribution in [2.45, 2.75) is 6.54 Å². The fourth-order valence-corrected chi connectivity index (χ4v) is 4.17. The Balaban J connectivity index is 1.29. The van der Waals surface area contributed by atoms with Crippen molar-refractivity contribution in [1.29, 1.82) is 0 Å². The number of rotatable bonds is 6. The van der Waals surface area contributed by atoms with Crippen molar-refractivity contribution in [2.24, 2.45) is 0 Å². The number of hydrogen-bond acceptors (Lipinski definition) is 7. The first-order valence-corrected chi connectivity index (χ1v) is 11.3. The highest BCUT2D eigenvalue weighted by molar-refractivity contribution is 6.06. The molecule has 0 radical (unpaired) electrons. The first-order chi connectivity index (χ1) is 16.6. The Labute approximate surface area is 199 Å². The summed E-state index contributed by atoms with van der Waals surface area (Å²) < 4.78 is 16.2. The van der Waals surface area contributed by atoms with E-state index in [-0.39, 0.29) is 18.6 Å². The van der Waals surface area contributed by atoms with Gasteiger partial charge in [-0.25, -0.2) is 4.98 Å². The molecule has 1 N–H and O–H groups in total. The molecule has 176 valence electrons. The molecule has 0 unspecified atom stereocenters. The smallest absolute Gasteiger partial charge is 0.261 e.